The molecule has 7 heteroatoms. The normalized spacial score (nSPS) is 11.0. The van der Waals surface area contributed by atoms with Crippen molar-refractivity contribution in [3.05, 3.63) is 53.1 Å². The number of nitrogens with one attached hydrogen (secondary N) is 1. The molecular formula is C14H11F3N4. The van der Waals surface area contributed by atoms with Crippen molar-refractivity contribution in [3.8, 4) is 6.07 Å². The number of nitriles is 1. The lowest BCUT2D eigenvalue weighted by molar-refractivity contribution is -0.137. The lowest BCUT2D eigenvalue weighted by atomic mass is 10.1. The van der Waals surface area contributed by atoms with Gasteiger partial charge in [0, 0.05) is 11.9 Å². The van der Waals surface area contributed by atoms with E-state index >= 15 is 0 Å². The maximum Gasteiger partial charge on any atom is 0.417 e. The first kappa shape index (κ1) is 14.8. The summed E-state index contributed by atoms with van der Waals surface area (Å²) in [5.41, 5.74) is 0.284. The number of aromatic nitrogens is 2. The van der Waals surface area contributed by atoms with E-state index in [0.29, 0.717) is 5.69 Å². The molecule has 1 aromatic carbocycles. The monoisotopic (exact) mass is 292 g/mol. The van der Waals surface area contributed by atoms with Crippen LogP contribution in [0.25, 0.3) is 0 Å². The van der Waals surface area contributed by atoms with E-state index in [1.165, 1.54) is 12.1 Å². The fraction of sp³-hybridized carbons (Fsp3) is 0.214. The van der Waals surface area contributed by atoms with Gasteiger partial charge in [0.15, 0.2) is 0 Å². The molecule has 0 saturated carbocycles. The van der Waals surface area contributed by atoms with E-state index in [2.05, 4.69) is 15.3 Å². The molecule has 2 aromatic rings. The molecule has 0 atom stereocenters. The highest BCUT2D eigenvalue weighted by Gasteiger charge is 2.33. The molecule has 0 fully saturated rings. The van der Waals surface area contributed by atoms with Gasteiger partial charge in [0.2, 0.25) is 0 Å². The van der Waals surface area contributed by atoms with E-state index in [0.717, 1.165) is 17.8 Å². The second-order valence-corrected chi connectivity index (χ2v) is 4.37. The van der Waals surface area contributed by atoms with Crippen LogP contribution in [0.4, 0.5) is 18.9 Å². The number of rotatable bonds is 3. The molecule has 0 aliphatic heterocycles. The van der Waals surface area contributed by atoms with Crippen molar-refractivity contribution in [2.45, 2.75) is 19.6 Å². The van der Waals surface area contributed by atoms with Gasteiger partial charge in [-0.3, -0.25) is 9.97 Å². The molecule has 1 N–H and O–H groups in total. The maximum atomic E-state index is 12.8. The molecule has 2 rings (SSSR count). The number of alkyl halides is 3. The predicted octanol–water partition coefficient (Wildman–Crippen LogP) is 3.29. The van der Waals surface area contributed by atoms with E-state index in [1.54, 1.807) is 19.3 Å². The minimum Gasteiger partial charge on any atom is -0.379 e. The molecular weight excluding hydrogens is 281 g/mol. The van der Waals surface area contributed by atoms with Crippen LogP contribution in [0.1, 0.15) is 22.5 Å². The third-order valence-corrected chi connectivity index (χ3v) is 2.75. The van der Waals surface area contributed by atoms with E-state index in [-0.39, 0.29) is 12.2 Å². The third-order valence-electron chi connectivity index (χ3n) is 2.75. The Hall–Kier alpha value is -2.62. The third kappa shape index (κ3) is 3.69. The minimum atomic E-state index is -4.56. The zero-order valence-corrected chi connectivity index (χ0v) is 11.1. The number of halogens is 3. The number of aryl methyl sites for hydroxylation is 1. The van der Waals surface area contributed by atoms with Gasteiger partial charge in [-0.05, 0) is 25.1 Å². The van der Waals surface area contributed by atoms with E-state index in [4.69, 9.17) is 5.26 Å². The Kier molecular flexibility index (Phi) is 4.08. The summed E-state index contributed by atoms with van der Waals surface area (Å²) in [5.74, 6) is 0. The van der Waals surface area contributed by atoms with Gasteiger partial charge < -0.3 is 5.32 Å². The van der Waals surface area contributed by atoms with Crippen LogP contribution < -0.4 is 5.32 Å². The van der Waals surface area contributed by atoms with Crippen LogP contribution in [0.3, 0.4) is 0 Å². The molecule has 0 spiro atoms. The van der Waals surface area contributed by atoms with Gasteiger partial charge in [-0.25, -0.2) is 0 Å². The fourth-order valence-electron chi connectivity index (χ4n) is 1.69. The molecule has 0 unspecified atom stereocenters. The van der Waals surface area contributed by atoms with Crippen molar-refractivity contribution in [1.29, 1.82) is 5.26 Å². The van der Waals surface area contributed by atoms with Crippen LogP contribution in [0.2, 0.25) is 0 Å². The average molecular weight is 292 g/mol. The zero-order chi connectivity index (χ0) is 15.5. The van der Waals surface area contributed by atoms with Gasteiger partial charge in [0.1, 0.15) is 0 Å². The first-order valence-corrected chi connectivity index (χ1v) is 6.03. The van der Waals surface area contributed by atoms with Crippen LogP contribution in [-0.4, -0.2) is 9.97 Å². The smallest absolute Gasteiger partial charge is 0.379 e. The van der Waals surface area contributed by atoms with Crippen LogP contribution in [-0.2, 0) is 12.7 Å². The number of hydrogen-bond donors (Lipinski definition) is 1. The highest BCUT2D eigenvalue weighted by atomic mass is 19.4. The Morgan fingerprint density at radius 3 is 2.57 bits per heavy atom. The molecule has 0 aliphatic carbocycles. The molecule has 0 saturated heterocycles. The first-order chi connectivity index (χ1) is 9.90. The molecule has 4 nitrogen and oxygen atoms in total. The summed E-state index contributed by atoms with van der Waals surface area (Å²) in [6.45, 7) is 2.04. The molecule has 21 heavy (non-hydrogen) atoms. The van der Waals surface area contributed by atoms with Gasteiger partial charge in [-0.2, -0.15) is 18.4 Å². The highest BCUT2D eigenvalue weighted by Crippen LogP contribution is 2.33. The SMILES string of the molecule is Cc1cnc(CNc2ccc(C#N)c(C(F)(F)F)c2)cn1. The predicted molar refractivity (Wildman–Crippen MR) is 70.3 cm³/mol. The minimum absolute atomic E-state index is 0.247. The second kappa shape index (κ2) is 5.79. The Bertz CT molecular complexity index is 672. The van der Waals surface area contributed by atoms with E-state index in [9.17, 15) is 13.2 Å². The lowest BCUT2D eigenvalue weighted by Crippen LogP contribution is -2.09. The summed E-state index contributed by atoms with van der Waals surface area (Å²) in [6.07, 6.45) is -1.43. The van der Waals surface area contributed by atoms with Gasteiger partial charge in [0.05, 0.1) is 41.3 Å². The Morgan fingerprint density at radius 2 is 2.00 bits per heavy atom. The van der Waals surface area contributed by atoms with Crippen molar-refractivity contribution in [2.75, 3.05) is 5.32 Å². The molecule has 108 valence electrons. The molecule has 0 aliphatic rings. The quantitative estimate of drug-likeness (QED) is 0.943. The van der Waals surface area contributed by atoms with E-state index in [1.807, 2.05) is 0 Å². The number of benzene rings is 1. The van der Waals surface area contributed by atoms with Crippen molar-refractivity contribution < 1.29 is 13.2 Å². The highest BCUT2D eigenvalue weighted by molar-refractivity contribution is 5.53. The fourth-order valence-corrected chi connectivity index (χ4v) is 1.69. The van der Waals surface area contributed by atoms with Crippen molar-refractivity contribution in [3.63, 3.8) is 0 Å². The summed E-state index contributed by atoms with van der Waals surface area (Å²) >= 11 is 0. The summed E-state index contributed by atoms with van der Waals surface area (Å²) in [5, 5.41) is 11.6. The summed E-state index contributed by atoms with van der Waals surface area (Å²) in [4.78, 5) is 8.15. The molecule has 0 amide bonds. The molecule has 0 radical (unpaired) electrons. The van der Waals surface area contributed by atoms with Crippen LogP contribution in [0.5, 0.6) is 0 Å². The van der Waals surface area contributed by atoms with E-state index < -0.39 is 17.3 Å². The standard InChI is InChI=1S/C14H11F3N4/c1-9-6-20-12(7-19-9)8-21-11-3-2-10(5-18)13(4-11)14(15,16)17/h2-4,6-7,21H,8H2,1H3. The molecule has 0 bridgehead atoms. The zero-order valence-electron chi connectivity index (χ0n) is 11.1. The van der Waals surface area contributed by atoms with Gasteiger partial charge in [-0.15, -0.1) is 0 Å². The van der Waals surface area contributed by atoms with Crippen molar-refractivity contribution >= 4 is 5.69 Å². The van der Waals surface area contributed by atoms with Crippen molar-refractivity contribution in [1.82, 2.24) is 9.97 Å². The van der Waals surface area contributed by atoms with Crippen LogP contribution >= 0.6 is 0 Å². The molecule has 1 heterocycles. The topological polar surface area (TPSA) is 61.6 Å². The maximum absolute atomic E-state index is 12.8. The summed E-state index contributed by atoms with van der Waals surface area (Å²) in [6, 6.07) is 5.03. The number of anilines is 1. The summed E-state index contributed by atoms with van der Waals surface area (Å²) in [7, 11) is 0. The van der Waals surface area contributed by atoms with Gasteiger partial charge >= 0.3 is 6.18 Å². The van der Waals surface area contributed by atoms with Crippen LogP contribution in [0.15, 0.2) is 30.6 Å². The first-order valence-electron chi connectivity index (χ1n) is 6.03. The second-order valence-electron chi connectivity index (χ2n) is 4.37. The Labute approximate surface area is 119 Å². The van der Waals surface area contributed by atoms with Crippen molar-refractivity contribution in [2.24, 2.45) is 0 Å². The lowest BCUT2D eigenvalue weighted by Gasteiger charge is -2.12. The van der Waals surface area contributed by atoms with Gasteiger partial charge in [-0.1, -0.05) is 0 Å². The average Bonchev–Trinajstić information content (AvgIpc) is 2.45. The Morgan fingerprint density at radius 1 is 1.24 bits per heavy atom. The van der Waals surface area contributed by atoms with Gasteiger partial charge in [0.25, 0.3) is 0 Å². The number of hydrogen-bond acceptors (Lipinski definition) is 4. The largest absolute Gasteiger partial charge is 0.417 e. The summed E-state index contributed by atoms with van der Waals surface area (Å²) < 4.78 is 38.5. The number of nitrogens with zero attached hydrogens (tertiary/aromatic N) is 3. The molecule has 1 aromatic heterocycles. The Balaban J connectivity index is 2.18. The van der Waals surface area contributed by atoms with Crippen LogP contribution in [0, 0.1) is 18.3 Å².